The third-order valence-corrected chi connectivity index (χ3v) is 7.93. The summed E-state index contributed by atoms with van der Waals surface area (Å²) in [7, 11) is 0. The summed E-state index contributed by atoms with van der Waals surface area (Å²) < 4.78 is 1.93. The second-order valence-corrected chi connectivity index (χ2v) is 9.95. The van der Waals surface area contributed by atoms with E-state index >= 15 is 0 Å². The number of nitrogens with zero attached hydrogens (tertiary/aromatic N) is 2. The quantitative estimate of drug-likeness (QED) is 0.602. The number of aromatic nitrogens is 2. The second kappa shape index (κ2) is 7.95. The van der Waals surface area contributed by atoms with Gasteiger partial charge in [0.05, 0.1) is 10.6 Å². The van der Waals surface area contributed by atoms with Crippen LogP contribution in [0, 0.1) is 0 Å². The number of carbonyl (C=O) groups is 1. The van der Waals surface area contributed by atoms with E-state index in [2.05, 4.69) is 5.32 Å². The summed E-state index contributed by atoms with van der Waals surface area (Å²) in [4.78, 5) is 33.0. The molecule has 1 saturated carbocycles. The molecule has 2 aliphatic carbocycles. The highest BCUT2D eigenvalue weighted by atomic mass is 32.2. The predicted octanol–water partition coefficient (Wildman–Crippen LogP) is 4.07. The van der Waals surface area contributed by atoms with Crippen molar-refractivity contribution in [3.05, 3.63) is 20.8 Å². The largest absolute Gasteiger partial charge is 0.355 e. The average Bonchev–Trinajstić information content (AvgIpc) is 3.29. The molecular weight excluding hydrogens is 378 g/mol. The highest BCUT2D eigenvalue weighted by Gasteiger charge is 2.28. The Hall–Kier alpha value is -1.34. The van der Waals surface area contributed by atoms with E-state index in [1.807, 2.05) is 18.4 Å². The first-order valence-electron chi connectivity index (χ1n) is 10.1. The lowest BCUT2D eigenvalue weighted by atomic mass is 9.97. The van der Waals surface area contributed by atoms with E-state index < -0.39 is 0 Å². The monoisotopic (exact) mass is 405 g/mol. The van der Waals surface area contributed by atoms with Crippen molar-refractivity contribution < 1.29 is 4.79 Å². The second-order valence-electron chi connectivity index (χ2n) is 7.55. The Morgan fingerprint density at radius 2 is 2.04 bits per heavy atom. The Kier molecular flexibility index (Phi) is 5.60. The van der Waals surface area contributed by atoms with E-state index in [1.165, 1.54) is 28.6 Å². The van der Waals surface area contributed by atoms with E-state index in [0.29, 0.717) is 6.54 Å². The number of hydrogen-bond donors (Lipinski definition) is 1. The molecule has 1 N–H and O–H groups in total. The smallest absolute Gasteiger partial charge is 0.263 e. The molecule has 2 heterocycles. The molecule has 0 radical (unpaired) electrons. The minimum atomic E-state index is -0.267. The van der Waals surface area contributed by atoms with Crippen LogP contribution in [0.4, 0.5) is 0 Å². The molecule has 1 atom stereocenters. The molecule has 0 unspecified atom stereocenters. The summed E-state index contributed by atoms with van der Waals surface area (Å²) >= 11 is 3.11. The van der Waals surface area contributed by atoms with Gasteiger partial charge in [0, 0.05) is 17.5 Å². The molecule has 0 bridgehead atoms. The van der Waals surface area contributed by atoms with E-state index in [0.717, 1.165) is 60.3 Å². The van der Waals surface area contributed by atoms with Crippen LogP contribution in [0.2, 0.25) is 0 Å². The van der Waals surface area contributed by atoms with Gasteiger partial charge in [-0.15, -0.1) is 11.3 Å². The fraction of sp³-hybridized carbons (Fsp3) is 0.650. The predicted molar refractivity (Wildman–Crippen MR) is 112 cm³/mol. The van der Waals surface area contributed by atoms with Gasteiger partial charge in [0.25, 0.3) is 5.56 Å². The van der Waals surface area contributed by atoms with Gasteiger partial charge in [0.2, 0.25) is 5.91 Å². The molecular formula is C20H27N3O2S2. The van der Waals surface area contributed by atoms with Crippen LogP contribution in [-0.2, 0) is 17.6 Å². The Balaban J connectivity index is 1.82. The van der Waals surface area contributed by atoms with E-state index in [1.54, 1.807) is 11.3 Å². The van der Waals surface area contributed by atoms with Crippen molar-refractivity contribution in [1.29, 1.82) is 0 Å². The van der Waals surface area contributed by atoms with Crippen LogP contribution in [0.1, 0.15) is 68.9 Å². The molecule has 2 aliphatic rings. The summed E-state index contributed by atoms with van der Waals surface area (Å²) in [5.74, 6) is 0.000270. The maximum Gasteiger partial charge on any atom is 0.263 e. The Bertz CT molecular complexity index is 912. The number of nitrogens with one attached hydrogen (secondary N) is 1. The number of thiophene rings is 1. The third kappa shape index (κ3) is 3.56. The van der Waals surface area contributed by atoms with Gasteiger partial charge in [-0.2, -0.15) is 0 Å². The van der Waals surface area contributed by atoms with Gasteiger partial charge in [0.15, 0.2) is 5.16 Å². The van der Waals surface area contributed by atoms with E-state index in [-0.39, 0.29) is 22.8 Å². The number of hydrogen-bond acceptors (Lipinski definition) is 5. The zero-order valence-corrected chi connectivity index (χ0v) is 17.7. The zero-order chi connectivity index (χ0) is 19.0. The number of thioether (sulfide) groups is 1. The Morgan fingerprint density at radius 1 is 1.30 bits per heavy atom. The highest BCUT2D eigenvalue weighted by molar-refractivity contribution is 8.00. The standard InChI is InChI=1S/C20H27N3O2S2/c1-3-21-17(24)12(2)26-20-22-18-16(14-10-6-7-11-15(14)27-18)19(25)23(20)13-8-4-5-9-13/h12-13H,3-11H2,1-2H3,(H,21,24)/t12-/m1/s1. The fourth-order valence-electron chi connectivity index (χ4n) is 4.30. The molecule has 0 saturated heterocycles. The summed E-state index contributed by atoms with van der Waals surface area (Å²) in [6.07, 6.45) is 8.80. The van der Waals surface area contributed by atoms with Crippen LogP contribution in [-0.4, -0.2) is 27.3 Å². The first kappa shape index (κ1) is 19.0. The summed E-state index contributed by atoms with van der Waals surface area (Å²) in [5, 5.41) is 4.18. The van der Waals surface area contributed by atoms with Crippen LogP contribution in [0.5, 0.6) is 0 Å². The first-order valence-corrected chi connectivity index (χ1v) is 11.8. The molecule has 0 aliphatic heterocycles. The zero-order valence-electron chi connectivity index (χ0n) is 16.0. The molecule has 4 rings (SSSR count). The maximum atomic E-state index is 13.6. The number of fused-ring (bicyclic) bond motifs is 3. The van der Waals surface area contributed by atoms with Crippen molar-refractivity contribution in [3.8, 4) is 0 Å². The minimum absolute atomic E-state index is 0.000270. The topological polar surface area (TPSA) is 64.0 Å². The average molecular weight is 406 g/mol. The van der Waals surface area contributed by atoms with Crippen LogP contribution >= 0.6 is 23.1 Å². The molecule has 27 heavy (non-hydrogen) atoms. The summed E-state index contributed by atoms with van der Waals surface area (Å²) in [6.45, 7) is 4.43. The van der Waals surface area contributed by atoms with Crippen molar-refractivity contribution in [2.75, 3.05) is 6.54 Å². The van der Waals surface area contributed by atoms with Crippen LogP contribution in [0.3, 0.4) is 0 Å². The maximum absolute atomic E-state index is 13.6. The van der Waals surface area contributed by atoms with Gasteiger partial charge < -0.3 is 5.32 Å². The number of amides is 1. The molecule has 0 aromatic carbocycles. The summed E-state index contributed by atoms with van der Waals surface area (Å²) in [6, 6.07) is 0.220. The van der Waals surface area contributed by atoms with Crippen molar-refractivity contribution in [3.63, 3.8) is 0 Å². The molecule has 2 aromatic heterocycles. The van der Waals surface area contributed by atoms with Crippen LogP contribution in [0.15, 0.2) is 9.95 Å². The van der Waals surface area contributed by atoms with Crippen molar-refractivity contribution >= 4 is 39.2 Å². The molecule has 0 spiro atoms. The lowest BCUT2D eigenvalue weighted by Gasteiger charge is -2.20. The van der Waals surface area contributed by atoms with Crippen molar-refractivity contribution in [2.24, 2.45) is 0 Å². The number of aryl methyl sites for hydroxylation is 2. The SMILES string of the molecule is CCNC(=O)[C@@H](C)Sc1nc2sc3c(c2c(=O)n1C1CCCC1)CCCC3. The lowest BCUT2D eigenvalue weighted by Crippen LogP contribution is -2.32. The minimum Gasteiger partial charge on any atom is -0.355 e. The van der Waals surface area contributed by atoms with Crippen LogP contribution in [0.25, 0.3) is 10.2 Å². The number of carbonyl (C=O) groups excluding carboxylic acids is 1. The Morgan fingerprint density at radius 3 is 2.78 bits per heavy atom. The van der Waals surface area contributed by atoms with Crippen molar-refractivity contribution in [1.82, 2.24) is 14.9 Å². The van der Waals surface area contributed by atoms with E-state index in [9.17, 15) is 9.59 Å². The normalized spacial score (nSPS) is 18.6. The van der Waals surface area contributed by atoms with Gasteiger partial charge in [-0.3, -0.25) is 14.2 Å². The molecule has 7 heteroatoms. The summed E-state index contributed by atoms with van der Waals surface area (Å²) in [5.41, 5.74) is 1.37. The van der Waals surface area contributed by atoms with Gasteiger partial charge in [-0.25, -0.2) is 4.98 Å². The third-order valence-electron chi connectivity index (χ3n) is 5.68. The highest BCUT2D eigenvalue weighted by Crippen LogP contribution is 2.38. The van der Waals surface area contributed by atoms with Gasteiger partial charge in [0.1, 0.15) is 4.83 Å². The van der Waals surface area contributed by atoms with Gasteiger partial charge in [-0.1, -0.05) is 24.6 Å². The molecule has 2 aromatic rings. The molecule has 1 amide bonds. The molecule has 1 fully saturated rings. The first-order chi connectivity index (χ1) is 13.1. The van der Waals surface area contributed by atoms with Gasteiger partial charge in [-0.05, 0) is 57.9 Å². The van der Waals surface area contributed by atoms with Gasteiger partial charge >= 0.3 is 0 Å². The number of rotatable bonds is 5. The van der Waals surface area contributed by atoms with E-state index in [4.69, 9.17) is 4.98 Å². The molecule has 146 valence electrons. The van der Waals surface area contributed by atoms with Crippen LogP contribution < -0.4 is 10.9 Å². The Labute approximate surface area is 167 Å². The fourth-order valence-corrected chi connectivity index (χ4v) is 6.60. The molecule has 5 nitrogen and oxygen atoms in total. The van der Waals surface area contributed by atoms with Crippen molar-refractivity contribution in [2.45, 2.75) is 81.7 Å². The lowest BCUT2D eigenvalue weighted by molar-refractivity contribution is -0.120.